The van der Waals surface area contributed by atoms with Gasteiger partial charge in [-0.05, 0) is 44.8 Å². The molecule has 1 aliphatic rings. The number of rotatable bonds is 2. The summed E-state index contributed by atoms with van der Waals surface area (Å²) in [4.78, 5) is 0. The predicted octanol–water partition coefficient (Wildman–Crippen LogP) is 3.47. The molecule has 0 atom stereocenters. The van der Waals surface area contributed by atoms with Crippen LogP contribution in [-0.2, 0) is 0 Å². The van der Waals surface area contributed by atoms with Gasteiger partial charge < -0.3 is 5.41 Å². The minimum atomic E-state index is 0.648. The molecular weight excluding hydrogens is 146 g/mol. The monoisotopic (exact) mass is 163 g/mol. The summed E-state index contributed by atoms with van der Waals surface area (Å²) in [5.74, 6) is 0. The SMILES string of the molecule is C/C=C/C(=N)C=C1CCCCC1. The lowest BCUT2D eigenvalue weighted by Crippen LogP contribution is -1.96. The average Bonchev–Trinajstić information content (AvgIpc) is 2.06. The second-order valence-electron chi connectivity index (χ2n) is 3.32. The van der Waals surface area contributed by atoms with E-state index in [4.69, 9.17) is 5.41 Å². The van der Waals surface area contributed by atoms with Crippen molar-refractivity contribution < 1.29 is 0 Å². The smallest absolute Gasteiger partial charge is 0.0536 e. The quantitative estimate of drug-likeness (QED) is 0.603. The van der Waals surface area contributed by atoms with Gasteiger partial charge in [0.05, 0.1) is 5.71 Å². The van der Waals surface area contributed by atoms with E-state index in [1.54, 1.807) is 0 Å². The first-order valence-corrected chi connectivity index (χ1v) is 4.73. The lowest BCUT2D eigenvalue weighted by Gasteiger charge is -2.12. The van der Waals surface area contributed by atoms with Crippen molar-refractivity contribution in [1.82, 2.24) is 0 Å². The van der Waals surface area contributed by atoms with Crippen LogP contribution in [0.4, 0.5) is 0 Å². The summed E-state index contributed by atoms with van der Waals surface area (Å²) < 4.78 is 0. The summed E-state index contributed by atoms with van der Waals surface area (Å²) in [7, 11) is 0. The zero-order valence-corrected chi connectivity index (χ0v) is 7.77. The van der Waals surface area contributed by atoms with Crippen molar-refractivity contribution in [3.8, 4) is 0 Å². The van der Waals surface area contributed by atoms with E-state index in [0.29, 0.717) is 5.71 Å². The molecule has 0 heterocycles. The number of allylic oxidation sites excluding steroid dienone is 4. The van der Waals surface area contributed by atoms with Gasteiger partial charge in [0.25, 0.3) is 0 Å². The van der Waals surface area contributed by atoms with Crippen molar-refractivity contribution in [3.63, 3.8) is 0 Å². The number of hydrogen-bond acceptors (Lipinski definition) is 1. The molecule has 0 unspecified atom stereocenters. The Bertz CT molecular complexity index is 203. The number of hydrogen-bond donors (Lipinski definition) is 1. The van der Waals surface area contributed by atoms with Crippen molar-refractivity contribution in [3.05, 3.63) is 23.8 Å². The first-order valence-electron chi connectivity index (χ1n) is 4.73. The van der Waals surface area contributed by atoms with Gasteiger partial charge in [-0.3, -0.25) is 0 Å². The molecule has 12 heavy (non-hydrogen) atoms. The van der Waals surface area contributed by atoms with Crippen LogP contribution in [0.15, 0.2) is 23.8 Å². The normalized spacial score (nSPS) is 18.2. The molecule has 0 bridgehead atoms. The Hall–Kier alpha value is -0.850. The molecule has 1 nitrogen and oxygen atoms in total. The molecule has 0 aromatic heterocycles. The zero-order chi connectivity index (χ0) is 8.81. The van der Waals surface area contributed by atoms with Crippen molar-refractivity contribution >= 4 is 5.71 Å². The van der Waals surface area contributed by atoms with Crippen molar-refractivity contribution in [2.75, 3.05) is 0 Å². The highest BCUT2D eigenvalue weighted by Crippen LogP contribution is 2.22. The van der Waals surface area contributed by atoms with Crippen molar-refractivity contribution in [2.45, 2.75) is 39.0 Å². The molecule has 1 rings (SSSR count). The molecule has 1 fully saturated rings. The van der Waals surface area contributed by atoms with E-state index in [9.17, 15) is 0 Å². The Labute approximate surface area is 74.7 Å². The van der Waals surface area contributed by atoms with Crippen LogP contribution in [0.1, 0.15) is 39.0 Å². The summed E-state index contributed by atoms with van der Waals surface area (Å²) in [6, 6.07) is 0. The molecule has 1 aliphatic carbocycles. The van der Waals surface area contributed by atoms with Gasteiger partial charge in [0, 0.05) is 0 Å². The maximum Gasteiger partial charge on any atom is 0.0536 e. The highest BCUT2D eigenvalue weighted by atomic mass is 14.4. The fourth-order valence-electron chi connectivity index (χ4n) is 1.60. The molecule has 1 saturated carbocycles. The van der Waals surface area contributed by atoms with E-state index in [1.165, 1.54) is 37.7 Å². The molecule has 1 heteroatoms. The maximum atomic E-state index is 7.56. The minimum Gasteiger partial charge on any atom is -0.301 e. The van der Waals surface area contributed by atoms with Gasteiger partial charge in [0.1, 0.15) is 0 Å². The highest BCUT2D eigenvalue weighted by Gasteiger charge is 2.04. The molecule has 1 N–H and O–H groups in total. The zero-order valence-electron chi connectivity index (χ0n) is 7.77. The van der Waals surface area contributed by atoms with Crippen LogP contribution >= 0.6 is 0 Å². The van der Waals surface area contributed by atoms with Gasteiger partial charge in [0.2, 0.25) is 0 Å². The Morgan fingerprint density at radius 2 is 1.92 bits per heavy atom. The Balaban J connectivity index is 2.48. The third-order valence-electron chi connectivity index (χ3n) is 2.20. The maximum absolute atomic E-state index is 7.56. The van der Waals surface area contributed by atoms with Crippen LogP contribution in [0.5, 0.6) is 0 Å². The van der Waals surface area contributed by atoms with Crippen LogP contribution in [0.3, 0.4) is 0 Å². The van der Waals surface area contributed by atoms with Gasteiger partial charge >= 0.3 is 0 Å². The van der Waals surface area contributed by atoms with E-state index in [0.717, 1.165) is 0 Å². The molecule has 0 aromatic carbocycles. The first kappa shape index (κ1) is 9.24. The summed E-state index contributed by atoms with van der Waals surface area (Å²) in [6.07, 6.45) is 12.2. The Kier molecular flexibility index (Phi) is 3.78. The lowest BCUT2D eigenvalue weighted by atomic mass is 9.94. The highest BCUT2D eigenvalue weighted by molar-refractivity contribution is 6.01. The van der Waals surface area contributed by atoms with Crippen LogP contribution in [-0.4, -0.2) is 5.71 Å². The molecule has 0 spiro atoms. The van der Waals surface area contributed by atoms with Crippen molar-refractivity contribution in [2.24, 2.45) is 0 Å². The predicted molar refractivity (Wildman–Crippen MR) is 53.7 cm³/mol. The largest absolute Gasteiger partial charge is 0.301 e. The molecule has 0 radical (unpaired) electrons. The Morgan fingerprint density at radius 3 is 2.50 bits per heavy atom. The van der Waals surface area contributed by atoms with E-state index in [-0.39, 0.29) is 0 Å². The van der Waals surface area contributed by atoms with Crippen LogP contribution in [0.2, 0.25) is 0 Å². The van der Waals surface area contributed by atoms with E-state index < -0.39 is 0 Å². The molecule has 66 valence electrons. The van der Waals surface area contributed by atoms with E-state index >= 15 is 0 Å². The van der Waals surface area contributed by atoms with E-state index in [2.05, 4.69) is 0 Å². The van der Waals surface area contributed by atoms with Gasteiger partial charge in [0.15, 0.2) is 0 Å². The van der Waals surface area contributed by atoms with Gasteiger partial charge in [-0.25, -0.2) is 0 Å². The summed E-state index contributed by atoms with van der Waals surface area (Å²) in [5.41, 5.74) is 2.11. The van der Waals surface area contributed by atoms with E-state index in [1.807, 2.05) is 25.2 Å². The molecule has 0 amide bonds. The summed E-state index contributed by atoms with van der Waals surface area (Å²) in [5, 5.41) is 7.56. The van der Waals surface area contributed by atoms with Crippen molar-refractivity contribution in [1.29, 1.82) is 5.41 Å². The molecule has 0 aliphatic heterocycles. The lowest BCUT2D eigenvalue weighted by molar-refractivity contribution is 0.600. The van der Waals surface area contributed by atoms with Crippen LogP contribution < -0.4 is 0 Å². The molecule has 0 saturated heterocycles. The third kappa shape index (κ3) is 3.04. The van der Waals surface area contributed by atoms with Gasteiger partial charge in [-0.2, -0.15) is 0 Å². The second kappa shape index (κ2) is 4.91. The first-order chi connectivity index (χ1) is 5.83. The number of nitrogens with one attached hydrogen (secondary N) is 1. The summed E-state index contributed by atoms with van der Waals surface area (Å²) >= 11 is 0. The molecular formula is C11H17N. The summed E-state index contributed by atoms with van der Waals surface area (Å²) in [6.45, 7) is 1.95. The van der Waals surface area contributed by atoms with Crippen LogP contribution in [0, 0.1) is 5.41 Å². The third-order valence-corrected chi connectivity index (χ3v) is 2.20. The fraction of sp³-hybridized carbons (Fsp3) is 0.545. The second-order valence-corrected chi connectivity index (χ2v) is 3.32. The Morgan fingerprint density at radius 1 is 1.25 bits per heavy atom. The topological polar surface area (TPSA) is 23.9 Å². The standard InChI is InChI=1S/C11H17N/c1-2-6-11(12)9-10-7-4-3-5-8-10/h2,6,9,12H,3-5,7-8H2,1H3/b6-2+,12-11?. The van der Waals surface area contributed by atoms with Gasteiger partial charge in [-0.15, -0.1) is 0 Å². The minimum absolute atomic E-state index is 0.648. The average molecular weight is 163 g/mol. The fourth-order valence-corrected chi connectivity index (χ4v) is 1.60. The molecule has 0 aromatic rings. The van der Waals surface area contributed by atoms with Crippen LogP contribution in [0.25, 0.3) is 0 Å². The van der Waals surface area contributed by atoms with Gasteiger partial charge in [-0.1, -0.05) is 18.1 Å².